The molecule has 190 valence electrons. The van der Waals surface area contributed by atoms with Crippen molar-refractivity contribution in [3.8, 4) is 0 Å². The molecule has 4 rings (SSSR count). The van der Waals surface area contributed by atoms with Crippen molar-refractivity contribution in [1.82, 2.24) is 0 Å². The SMILES string of the molecule is C[C@H]1C(=O)O[C@H](COC(c2ccccc2)(c2ccccc2)c2ccccc2)[C@H]1O[Si](C)(C)C(C)(C)C. The zero-order valence-corrected chi connectivity index (χ0v) is 23.2. The van der Waals surface area contributed by atoms with Gasteiger partial charge in [-0.25, -0.2) is 0 Å². The van der Waals surface area contributed by atoms with E-state index in [-0.39, 0.29) is 29.6 Å². The van der Waals surface area contributed by atoms with Crippen LogP contribution in [0.1, 0.15) is 44.4 Å². The maximum atomic E-state index is 12.7. The van der Waals surface area contributed by atoms with Gasteiger partial charge in [0.15, 0.2) is 14.4 Å². The van der Waals surface area contributed by atoms with E-state index in [2.05, 4.69) is 70.3 Å². The van der Waals surface area contributed by atoms with E-state index in [4.69, 9.17) is 13.9 Å². The molecule has 0 N–H and O–H groups in total. The molecule has 5 heteroatoms. The Bertz CT molecular complexity index is 1040. The molecule has 3 aromatic carbocycles. The Balaban J connectivity index is 1.75. The van der Waals surface area contributed by atoms with Crippen LogP contribution in [0.5, 0.6) is 0 Å². The lowest BCUT2D eigenvalue weighted by molar-refractivity contribution is -0.147. The van der Waals surface area contributed by atoms with Gasteiger partial charge in [-0.15, -0.1) is 0 Å². The summed E-state index contributed by atoms with van der Waals surface area (Å²) in [5, 5.41) is 0.0195. The first-order valence-electron chi connectivity index (χ1n) is 12.7. The van der Waals surface area contributed by atoms with Gasteiger partial charge in [-0.1, -0.05) is 112 Å². The minimum Gasteiger partial charge on any atom is -0.457 e. The van der Waals surface area contributed by atoms with Crippen molar-refractivity contribution in [3.05, 3.63) is 108 Å². The van der Waals surface area contributed by atoms with Crippen LogP contribution in [-0.4, -0.2) is 33.1 Å². The highest BCUT2D eigenvalue weighted by Gasteiger charge is 2.50. The topological polar surface area (TPSA) is 44.8 Å². The molecule has 3 aromatic rings. The quantitative estimate of drug-likeness (QED) is 0.190. The third kappa shape index (κ3) is 5.06. The van der Waals surface area contributed by atoms with Crippen molar-refractivity contribution >= 4 is 14.3 Å². The minimum atomic E-state index is -2.14. The molecule has 0 unspecified atom stereocenters. The Morgan fingerprint density at radius 1 is 0.778 bits per heavy atom. The standard InChI is InChI=1S/C31H38O4Si/c1-23-28(35-36(5,6)30(2,3)4)27(34-29(23)32)22-33-31(24-16-10-7-11-17-24,25-18-12-8-13-19-25)26-20-14-9-15-21-26/h7-21,23,27-28H,22H2,1-6H3/t23-,27-,28+/m1/s1. The van der Waals surface area contributed by atoms with Gasteiger partial charge >= 0.3 is 5.97 Å². The molecule has 0 amide bonds. The summed E-state index contributed by atoms with van der Waals surface area (Å²) in [6.45, 7) is 13.2. The van der Waals surface area contributed by atoms with Crippen LogP contribution < -0.4 is 0 Å². The number of rotatable bonds is 8. The van der Waals surface area contributed by atoms with Gasteiger partial charge in [0.1, 0.15) is 5.60 Å². The summed E-state index contributed by atoms with van der Waals surface area (Å²) < 4.78 is 19.6. The molecule has 0 aliphatic carbocycles. The van der Waals surface area contributed by atoms with Crippen molar-refractivity contribution in [2.75, 3.05) is 6.61 Å². The number of hydrogen-bond donors (Lipinski definition) is 0. The van der Waals surface area contributed by atoms with Crippen molar-refractivity contribution < 1.29 is 18.7 Å². The second kappa shape index (κ2) is 10.3. The molecule has 3 atom stereocenters. The van der Waals surface area contributed by atoms with Crippen LogP contribution in [-0.2, 0) is 24.3 Å². The van der Waals surface area contributed by atoms with Gasteiger partial charge < -0.3 is 13.9 Å². The third-order valence-corrected chi connectivity index (χ3v) is 12.2. The second-order valence-electron chi connectivity index (χ2n) is 11.2. The Hall–Kier alpha value is -2.73. The van der Waals surface area contributed by atoms with Crippen LogP contribution in [0, 0.1) is 5.92 Å². The first-order valence-corrected chi connectivity index (χ1v) is 15.7. The molecule has 0 bridgehead atoms. The molecule has 1 saturated heterocycles. The van der Waals surface area contributed by atoms with E-state index in [1.165, 1.54) is 0 Å². The van der Waals surface area contributed by atoms with Crippen LogP contribution in [0.3, 0.4) is 0 Å². The zero-order chi connectivity index (χ0) is 26.0. The molecule has 4 nitrogen and oxygen atoms in total. The van der Waals surface area contributed by atoms with Gasteiger partial charge in [0.25, 0.3) is 0 Å². The highest BCUT2D eigenvalue weighted by atomic mass is 28.4. The summed E-state index contributed by atoms with van der Waals surface area (Å²) in [4.78, 5) is 12.7. The lowest BCUT2D eigenvalue weighted by Crippen LogP contribution is -2.48. The van der Waals surface area contributed by atoms with Crippen LogP contribution >= 0.6 is 0 Å². The number of esters is 1. The van der Waals surface area contributed by atoms with Gasteiger partial charge in [-0.2, -0.15) is 0 Å². The van der Waals surface area contributed by atoms with Crippen molar-refractivity contribution in [2.45, 2.75) is 63.6 Å². The molecular formula is C31H38O4Si. The molecule has 0 saturated carbocycles. The van der Waals surface area contributed by atoms with Gasteiger partial charge in [0, 0.05) is 0 Å². The van der Waals surface area contributed by atoms with Gasteiger partial charge in [0.2, 0.25) is 0 Å². The van der Waals surface area contributed by atoms with Gasteiger partial charge in [-0.05, 0) is 41.7 Å². The van der Waals surface area contributed by atoms with Crippen molar-refractivity contribution in [1.29, 1.82) is 0 Å². The van der Waals surface area contributed by atoms with E-state index < -0.39 is 20.0 Å². The average Bonchev–Trinajstić information content (AvgIpc) is 3.13. The summed E-state index contributed by atoms with van der Waals surface area (Å²) in [5.41, 5.74) is 2.17. The maximum absolute atomic E-state index is 12.7. The van der Waals surface area contributed by atoms with Crippen molar-refractivity contribution in [3.63, 3.8) is 0 Å². The minimum absolute atomic E-state index is 0.0195. The van der Waals surface area contributed by atoms with E-state index in [1.807, 2.05) is 61.5 Å². The van der Waals surface area contributed by atoms with Gasteiger partial charge in [-0.3, -0.25) is 4.79 Å². The van der Waals surface area contributed by atoms with E-state index in [0.717, 1.165) is 16.7 Å². The molecule has 1 aliphatic rings. The predicted octanol–water partition coefficient (Wildman–Crippen LogP) is 6.95. The lowest BCUT2D eigenvalue weighted by Gasteiger charge is -2.41. The maximum Gasteiger partial charge on any atom is 0.311 e. The van der Waals surface area contributed by atoms with Crippen LogP contribution in [0.15, 0.2) is 91.0 Å². The van der Waals surface area contributed by atoms with Crippen molar-refractivity contribution in [2.24, 2.45) is 5.92 Å². The molecule has 1 aliphatic heterocycles. The van der Waals surface area contributed by atoms with Crippen LogP contribution in [0.2, 0.25) is 18.1 Å². The number of carbonyl (C=O) groups excluding carboxylic acids is 1. The predicted molar refractivity (Wildman–Crippen MR) is 146 cm³/mol. The van der Waals surface area contributed by atoms with Crippen LogP contribution in [0.25, 0.3) is 0 Å². The largest absolute Gasteiger partial charge is 0.457 e. The fourth-order valence-electron chi connectivity index (χ4n) is 4.58. The summed E-state index contributed by atoms with van der Waals surface area (Å²) in [5.74, 6) is -0.565. The Morgan fingerprint density at radius 3 is 1.58 bits per heavy atom. The fourth-order valence-corrected chi connectivity index (χ4v) is 5.97. The Morgan fingerprint density at radius 2 is 1.19 bits per heavy atom. The Kier molecular flexibility index (Phi) is 7.55. The molecular weight excluding hydrogens is 464 g/mol. The number of hydrogen-bond acceptors (Lipinski definition) is 4. The van der Waals surface area contributed by atoms with Gasteiger partial charge in [0.05, 0.1) is 18.6 Å². The highest BCUT2D eigenvalue weighted by molar-refractivity contribution is 6.74. The van der Waals surface area contributed by atoms with E-state index >= 15 is 0 Å². The molecule has 36 heavy (non-hydrogen) atoms. The van der Waals surface area contributed by atoms with E-state index in [1.54, 1.807) is 0 Å². The summed E-state index contributed by atoms with van der Waals surface area (Å²) >= 11 is 0. The first-order chi connectivity index (χ1) is 17.1. The normalized spacial score (nSPS) is 20.8. The number of ether oxygens (including phenoxy) is 2. The smallest absolute Gasteiger partial charge is 0.311 e. The number of cyclic esters (lactones) is 1. The molecule has 0 radical (unpaired) electrons. The molecule has 1 fully saturated rings. The van der Waals surface area contributed by atoms with E-state index in [9.17, 15) is 4.79 Å². The second-order valence-corrected chi connectivity index (χ2v) is 16.0. The summed E-state index contributed by atoms with van der Waals surface area (Å²) in [7, 11) is -2.14. The molecule has 0 aromatic heterocycles. The number of carbonyl (C=O) groups is 1. The Labute approximate surface area is 216 Å². The monoisotopic (exact) mass is 502 g/mol. The zero-order valence-electron chi connectivity index (χ0n) is 22.2. The summed E-state index contributed by atoms with van der Waals surface area (Å²) in [6.07, 6.45) is -0.837. The van der Waals surface area contributed by atoms with Crippen LogP contribution in [0.4, 0.5) is 0 Å². The fraction of sp³-hybridized carbons (Fsp3) is 0.387. The highest BCUT2D eigenvalue weighted by Crippen LogP contribution is 2.43. The molecule has 1 heterocycles. The number of benzene rings is 3. The first kappa shape index (κ1) is 26.3. The third-order valence-electron chi connectivity index (χ3n) is 7.74. The average molecular weight is 503 g/mol. The lowest BCUT2D eigenvalue weighted by atomic mass is 9.80. The summed E-state index contributed by atoms with van der Waals surface area (Å²) in [6, 6.07) is 30.7. The van der Waals surface area contributed by atoms with E-state index in [0.29, 0.717) is 0 Å². The molecule has 0 spiro atoms.